The van der Waals surface area contributed by atoms with Gasteiger partial charge in [0, 0.05) is 30.2 Å². The summed E-state index contributed by atoms with van der Waals surface area (Å²) in [6.45, 7) is 2.12. The number of fused-ring (bicyclic) bond motifs is 2. The lowest BCUT2D eigenvalue weighted by Crippen LogP contribution is -2.50. The number of urea groups is 1. The van der Waals surface area contributed by atoms with Crippen LogP contribution < -0.4 is 10.1 Å². The maximum atomic E-state index is 12.7. The number of para-hydroxylation sites is 2. The van der Waals surface area contributed by atoms with Crippen LogP contribution >= 0.6 is 0 Å². The van der Waals surface area contributed by atoms with Crippen molar-refractivity contribution in [2.75, 3.05) is 19.7 Å². The van der Waals surface area contributed by atoms with E-state index in [4.69, 9.17) is 4.74 Å². The van der Waals surface area contributed by atoms with Crippen LogP contribution in [0.15, 0.2) is 54.7 Å². The second-order valence-corrected chi connectivity index (χ2v) is 7.82. The van der Waals surface area contributed by atoms with Gasteiger partial charge in [-0.05, 0) is 48.4 Å². The van der Waals surface area contributed by atoms with E-state index >= 15 is 0 Å². The number of rotatable bonds is 2. The molecule has 0 radical (unpaired) electrons. The third-order valence-electron chi connectivity index (χ3n) is 6.05. The normalized spacial score (nSPS) is 19.9. The molecule has 1 atom stereocenters. The van der Waals surface area contributed by atoms with Gasteiger partial charge in [-0.25, -0.2) is 4.79 Å². The smallest absolute Gasteiger partial charge is 0.317 e. The number of amides is 2. The van der Waals surface area contributed by atoms with E-state index in [1.165, 1.54) is 16.5 Å². The lowest BCUT2D eigenvalue weighted by Gasteiger charge is -2.34. The van der Waals surface area contributed by atoms with Gasteiger partial charge in [-0.3, -0.25) is 0 Å². The van der Waals surface area contributed by atoms with Crippen molar-refractivity contribution < 1.29 is 9.53 Å². The van der Waals surface area contributed by atoms with Crippen molar-refractivity contribution in [3.05, 3.63) is 65.9 Å². The van der Waals surface area contributed by atoms with Gasteiger partial charge in [-0.1, -0.05) is 36.4 Å². The number of likely N-dealkylation sites (tertiary alicyclic amines) is 1. The highest BCUT2D eigenvalue weighted by Crippen LogP contribution is 2.33. The van der Waals surface area contributed by atoms with Gasteiger partial charge in [0.1, 0.15) is 12.4 Å². The van der Waals surface area contributed by atoms with Crippen LogP contribution in [0.3, 0.4) is 0 Å². The SMILES string of the molecule is O=C(N[C@H]1COc2ccccc2C1)N1CCC(c2c[nH]c3ccccc23)CC1. The molecule has 0 aliphatic carbocycles. The van der Waals surface area contributed by atoms with Crippen LogP contribution in [0.5, 0.6) is 5.75 Å². The van der Waals surface area contributed by atoms with E-state index < -0.39 is 0 Å². The zero-order valence-electron chi connectivity index (χ0n) is 15.9. The summed E-state index contributed by atoms with van der Waals surface area (Å²) in [4.78, 5) is 18.1. The Bertz CT molecular complexity index is 988. The summed E-state index contributed by atoms with van der Waals surface area (Å²) < 4.78 is 5.79. The van der Waals surface area contributed by atoms with Crippen LogP contribution in [0.1, 0.15) is 29.9 Å². The molecule has 2 aliphatic heterocycles. The van der Waals surface area contributed by atoms with Gasteiger partial charge < -0.3 is 19.9 Å². The fourth-order valence-electron chi connectivity index (χ4n) is 4.51. The number of nitrogens with one attached hydrogen (secondary N) is 2. The maximum absolute atomic E-state index is 12.7. The lowest BCUT2D eigenvalue weighted by atomic mass is 9.89. The summed E-state index contributed by atoms with van der Waals surface area (Å²) in [5.41, 5.74) is 3.74. The van der Waals surface area contributed by atoms with E-state index in [0.29, 0.717) is 12.5 Å². The van der Waals surface area contributed by atoms with Gasteiger partial charge in [0.15, 0.2) is 0 Å². The molecule has 0 spiro atoms. The second-order valence-electron chi connectivity index (χ2n) is 7.82. The molecule has 0 saturated carbocycles. The molecule has 5 nitrogen and oxygen atoms in total. The van der Waals surface area contributed by atoms with Crippen molar-refractivity contribution in [3.8, 4) is 5.75 Å². The van der Waals surface area contributed by atoms with Crippen molar-refractivity contribution in [3.63, 3.8) is 0 Å². The largest absolute Gasteiger partial charge is 0.491 e. The molecule has 2 aliphatic rings. The number of hydrogen-bond acceptors (Lipinski definition) is 2. The molecule has 3 aromatic rings. The van der Waals surface area contributed by atoms with E-state index in [9.17, 15) is 4.79 Å². The molecule has 5 heteroatoms. The van der Waals surface area contributed by atoms with Crippen LogP contribution in [-0.2, 0) is 6.42 Å². The topological polar surface area (TPSA) is 57.4 Å². The standard InChI is InChI=1S/C23H25N3O2/c27-23(25-18-13-17-5-1-4-8-22(17)28-15-18)26-11-9-16(10-12-26)20-14-24-21-7-3-2-6-19(20)21/h1-8,14,16,18,24H,9-13,15H2,(H,25,27)/t18-/m1/s1. The summed E-state index contributed by atoms with van der Waals surface area (Å²) >= 11 is 0. The van der Waals surface area contributed by atoms with Crippen LogP contribution in [0.4, 0.5) is 4.79 Å². The van der Waals surface area contributed by atoms with E-state index in [2.05, 4.69) is 46.8 Å². The summed E-state index contributed by atoms with van der Waals surface area (Å²) in [5, 5.41) is 4.47. The van der Waals surface area contributed by atoms with E-state index in [1.54, 1.807) is 0 Å². The van der Waals surface area contributed by atoms with Crippen molar-refractivity contribution >= 4 is 16.9 Å². The first-order valence-corrected chi connectivity index (χ1v) is 10.1. The minimum Gasteiger partial charge on any atom is -0.491 e. The zero-order chi connectivity index (χ0) is 18.9. The van der Waals surface area contributed by atoms with Crippen molar-refractivity contribution in [1.82, 2.24) is 15.2 Å². The number of aromatic nitrogens is 1. The highest BCUT2D eigenvalue weighted by Gasteiger charge is 2.28. The third-order valence-corrected chi connectivity index (χ3v) is 6.05. The number of benzene rings is 2. The average Bonchev–Trinajstić information content (AvgIpc) is 3.18. The Kier molecular flexibility index (Phi) is 4.43. The Labute approximate surface area is 164 Å². The van der Waals surface area contributed by atoms with Crippen LogP contribution in [0.25, 0.3) is 10.9 Å². The van der Waals surface area contributed by atoms with Gasteiger partial charge in [-0.2, -0.15) is 0 Å². The molecule has 0 bridgehead atoms. The number of H-pyrrole nitrogens is 1. The summed E-state index contributed by atoms with van der Waals surface area (Å²) in [6.07, 6.45) is 4.97. The van der Waals surface area contributed by atoms with Crippen molar-refractivity contribution in [2.24, 2.45) is 0 Å². The molecule has 28 heavy (non-hydrogen) atoms. The molecule has 2 amide bonds. The Morgan fingerprint density at radius 2 is 1.86 bits per heavy atom. The third kappa shape index (κ3) is 3.21. The fourth-order valence-corrected chi connectivity index (χ4v) is 4.51. The number of piperidine rings is 1. The Morgan fingerprint density at radius 1 is 1.07 bits per heavy atom. The minimum absolute atomic E-state index is 0.0327. The summed E-state index contributed by atoms with van der Waals surface area (Å²) in [6, 6.07) is 16.6. The fraction of sp³-hybridized carbons (Fsp3) is 0.348. The lowest BCUT2D eigenvalue weighted by molar-refractivity contribution is 0.167. The van der Waals surface area contributed by atoms with E-state index in [0.717, 1.165) is 43.7 Å². The average molecular weight is 375 g/mol. The van der Waals surface area contributed by atoms with Gasteiger partial charge in [0.05, 0.1) is 6.04 Å². The molecule has 1 fully saturated rings. The first-order chi connectivity index (χ1) is 13.8. The second kappa shape index (κ2) is 7.23. The Morgan fingerprint density at radius 3 is 2.75 bits per heavy atom. The molecule has 0 unspecified atom stereocenters. The number of aromatic amines is 1. The van der Waals surface area contributed by atoms with Gasteiger partial charge >= 0.3 is 6.03 Å². The zero-order valence-corrected chi connectivity index (χ0v) is 15.9. The van der Waals surface area contributed by atoms with Crippen LogP contribution in [-0.4, -0.2) is 41.7 Å². The Hall–Kier alpha value is -2.95. The molecule has 144 valence electrons. The first kappa shape index (κ1) is 17.2. The predicted molar refractivity (Wildman–Crippen MR) is 110 cm³/mol. The molecular formula is C23H25N3O2. The summed E-state index contributed by atoms with van der Waals surface area (Å²) in [7, 11) is 0. The number of hydrogen-bond donors (Lipinski definition) is 2. The molecule has 2 N–H and O–H groups in total. The summed E-state index contributed by atoms with van der Waals surface area (Å²) in [5.74, 6) is 1.44. The first-order valence-electron chi connectivity index (χ1n) is 10.1. The van der Waals surface area contributed by atoms with Crippen LogP contribution in [0, 0.1) is 0 Å². The molecular weight excluding hydrogens is 350 g/mol. The minimum atomic E-state index is 0.0327. The number of carbonyl (C=O) groups is 1. The van der Waals surface area contributed by atoms with Gasteiger partial charge in [0.2, 0.25) is 0 Å². The van der Waals surface area contributed by atoms with Gasteiger partial charge in [-0.15, -0.1) is 0 Å². The van der Waals surface area contributed by atoms with E-state index in [1.807, 2.05) is 23.1 Å². The number of carbonyl (C=O) groups excluding carboxylic acids is 1. The molecule has 2 aromatic carbocycles. The highest BCUT2D eigenvalue weighted by atomic mass is 16.5. The van der Waals surface area contributed by atoms with E-state index in [-0.39, 0.29) is 12.1 Å². The molecule has 5 rings (SSSR count). The maximum Gasteiger partial charge on any atom is 0.317 e. The van der Waals surface area contributed by atoms with Crippen molar-refractivity contribution in [1.29, 1.82) is 0 Å². The molecule has 1 aromatic heterocycles. The Balaban J connectivity index is 1.18. The van der Waals surface area contributed by atoms with Crippen molar-refractivity contribution in [2.45, 2.75) is 31.2 Å². The highest BCUT2D eigenvalue weighted by molar-refractivity contribution is 5.83. The quantitative estimate of drug-likeness (QED) is 0.710. The van der Waals surface area contributed by atoms with Gasteiger partial charge in [0.25, 0.3) is 0 Å². The monoisotopic (exact) mass is 375 g/mol. The number of ether oxygens (including phenoxy) is 1. The predicted octanol–water partition coefficient (Wildman–Crippen LogP) is 4.06. The molecule has 3 heterocycles. The molecule has 1 saturated heterocycles. The van der Waals surface area contributed by atoms with Crippen LogP contribution in [0.2, 0.25) is 0 Å². The number of nitrogens with zero attached hydrogens (tertiary/aromatic N) is 1.